The lowest BCUT2D eigenvalue weighted by Crippen LogP contribution is -2.64. The van der Waals surface area contributed by atoms with Crippen LogP contribution in [-0.2, 0) is 5.41 Å². The van der Waals surface area contributed by atoms with Crippen molar-refractivity contribution in [1.29, 1.82) is 0 Å². The number of hydrogen-bond donors (Lipinski definition) is 0. The van der Waals surface area contributed by atoms with E-state index in [9.17, 15) is 0 Å². The van der Waals surface area contributed by atoms with Crippen LogP contribution in [0.1, 0.15) is 51.0 Å². The van der Waals surface area contributed by atoms with Crippen molar-refractivity contribution in [3.05, 3.63) is 23.8 Å². The third kappa shape index (κ3) is 1.53. The van der Waals surface area contributed by atoms with Gasteiger partial charge < -0.3 is 9.64 Å². The summed E-state index contributed by atoms with van der Waals surface area (Å²) in [5.74, 6) is 1.06. The second kappa shape index (κ2) is 4.91. The molecule has 3 heterocycles. The number of fused-ring (bicyclic) bond motifs is 1. The molecular weight excluding hydrogens is 296 g/mol. The molecule has 1 aliphatic carbocycles. The second-order valence-corrected chi connectivity index (χ2v) is 8.57. The first kappa shape index (κ1) is 15.1. The predicted molar refractivity (Wildman–Crippen MR) is 98.0 cm³/mol. The SMILES string of the molecule is CCC12CCCN3CCC4(c5cccc(OC)c5N(C)C4CC1)C32. The fourth-order valence-corrected chi connectivity index (χ4v) is 7.29. The minimum absolute atomic E-state index is 0.327. The van der Waals surface area contributed by atoms with Crippen LogP contribution in [0.15, 0.2) is 18.2 Å². The van der Waals surface area contributed by atoms with Crippen molar-refractivity contribution >= 4 is 5.69 Å². The van der Waals surface area contributed by atoms with Gasteiger partial charge in [-0.15, -0.1) is 0 Å². The molecule has 3 heteroatoms. The highest BCUT2D eigenvalue weighted by Gasteiger charge is 2.67. The van der Waals surface area contributed by atoms with E-state index in [0.717, 1.165) is 11.8 Å². The number of likely N-dealkylation sites (N-methyl/N-ethyl adjacent to an activating group) is 1. The Morgan fingerprint density at radius 1 is 1.21 bits per heavy atom. The molecule has 0 bridgehead atoms. The van der Waals surface area contributed by atoms with Gasteiger partial charge in [0.1, 0.15) is 5.75 Å². The lowest BCUT2D eigenvalue weighted by molar-refractivity contribution is -0.0336. The number of ether oxygens (including phenoxy) is 1. The fourth-order valence-electron chi connectivity index (χ4n) is 7.29. The number of rotatable bonds is 2. The van der Waals surface area contributed by atoms with E-state index in [4.69, 9.17) is 4.74 Å². The number of anilines is 1. The Kier molecular flexibility index (Phi) is 3.08. The van der Waals surface area contributed by atoms with Gasteiger partial charge in [-0.3, -0.25) is 4.90 Å². The quantitative estimate of drug-likeness (QED) is 0.822. The molecule has 24 heavy (non-hydrogen) atoms. The Balaban J connectivity index is 1.75. The van der Waals surface area contributed by atoms with Gasteiger partial charge in [0.25, 0.3) is 0 Å². The maximum Gasteiger partial charge on any atom is 0.142 e. The zero-order valence-corrected chi connectivity index (χ0v) is 15.3. The molecule has 5 rings (SSSR count). The van der Waals surface area contributed by atoms with Crippen LogP contribution in [0.3, 0.4) is 0 Å². The molecule has 0 aromatic heterocycles. The summed E-state index contributed by atoms with van der Waals surface area (Å²) in [5.41, 5.74) is 3.83. The van der Waals surface area contributed by atoms with E-state index in [1.807, 2.05) is 7.11 Å². The Labute approximate surface area is 146 Å². The number of nitrogens with zero attached hydrogens (tertiary/aromatic N) is 2. The van der Waals surface area contributed by atoms with Crippen LogP contribution in [0, 0.1) is 5.41 Å². The van der Waals surface area contributed by atoms with Gasteiger partial charge in [-0.1, -0.05) is 19.1 Å². The van der Waals surface area contributed by atoms with E-state index in [2.05, 4.69) is 42.0 Å². The minimum atomic E-state index is 0.327. The molecule has 1 spiro atoms. The summed E-state index contributed by atoms with van der Waals surface area (Å²) in [6.45, 7) is 5.04. The van der Waals surface area contributed by atoms with Crippen LogP contribution in [0.2, 0.25) is 0 Å². The molecule has 3 aliphatic heterocycles. The predicted octanol–water partition coefficient (Wildman–Crippen LogP) is 3.81. The van der Waals surface area contributed by atoms with Gasteiger partial charge in [-0.05, 0) is 68.7 Å². The van der Waals surface area contributed by atoms with Crippen molar-refractivity contribution < 1.29 is 4.74 Å². The molecule has 0 N–H and O–H groups in total. The van der Waals surface area contributed by atoms with E-state index in [1.165, 1.54) is 57.3 Å². The summed E-state index contributed by atoms with van der Waals surface area (Å²) in [7, 11) is 4.13. The second-order valence-electron chi connectivity index (χ2n) is 8.57. The molecule has 3 nitrogen and oxygen atoms in total. The maximum absolute atomic E-state index is 5.77. The van der Waals surface area contributed by atoms with Gasteiger partial charge in [0.05, 0.1) is 12.8 Å². The topological polar surface area (TPSA) is 15.7 Å². The Bertz CT molecular complexity index is 674. The molecule has 0 amide bonds. The van der Waals surface area contributed by atoms with Gasteiger partial charge in [-0.2, -0.15) is 0 Å². The molecule has 3 fully saturated rings. The third-order valence-corrected chi connectivity index (χ3v) is 8.12. The van der Waals surface area contributed by atoms with Gasteiger partial charge in [0.2, 0.25) is 0 Å². The summed E-state index contributed by atoms with van der Waals surface area (Å²) in [5, 5.41) is 0. The van der Waals surface area contributed by atoms with Gasteiger partial charge in [0.15, 0.2) is 0 Å². The number of methoxy groups -OCH3 is 1. The van der Waals surface area contributed by atoms with Crippen LogP contribution in [0.5, 0.6) is 5.75 Å². The average Bonchev–Trinajstić information content (AvgIpc) is 3.14. The Morgan fingerprint density at radius 3 is 2.88 bits per heavy atom. The van der Waals surface area contributed by atoms with Crippen molar-refractivity contribution in [2.45, 2.75) is 62.9 Å². The molecule has 130 valence electrons. The normalized spacial score (nSPS) is 40.2. The smallest absolute Gasteiger partial charge is 0.142 e. The lowest BCUT2D eigenvalue weighted by atomic mass is 9.52. The first-order valence-electron chi connectivity index (χ1n) is 9.82. The maximum atomic E-state index is 5.77. The van der Waals surface area contributed by atoms with E-state index < -0.39 is 0 Å². The number of para-hydroxylation sites is 1. The van der Waals surface area contributed by atoms with Crippen LogP contribution < -0.4 is 9.64 Å². The third-order valence-electron chi connectivity index (χ3n) is 8.12. The Hall–Kier alpha value is -1.22. The van der Waals surface area contributed by atoms with Crippen molar-refractivity contribution in [2.75, 3.05) is 32.1 Å². The van der Waals surface area contributed by atoms with E-state index in [0.29, 0.717) is 16.9 Å². The van der Waals surface area contributed by atoms with Gasteiger partial charge >= 0.3 is 0 Å². The van der Waals surface area contributed by atoms with Crippen molar-refractivity contribution in [3.8, 4) is 5.75 Å². The monoisotopic (exact) mass is 326 g/mol. The highest BCUT2D eigenvalue weighted by Crippen LogP contribution is 2.66. The highest BCUT2D eigenvalue weighted by molar-refractivity contribution is 5.73. The fraction of sp³-hybridized carbons (Fsp3) is 0.714. The van der Waals surface area contributed by atoms with Crippen molar-refractivity contribution in [2.24, 2.45) is 5.41 Å². The largest absolute Gasteiger partial charge is 0.495 e. The van der Waals surface area contributed by atoms with E-state index >= 15 is 0 Å². The first-order valence-corrected chi connectivity index (χ1v) is 9.82. The van der Waals surface area contributed by atoms with Gasteiger partial charge in [-0.25, -0.2) is 0 Å². The number of benzene rings is 1. The molecular formula is C21H30N2O. The summed E-state index contributed by atoms with van der Waals surface area (Å²) < 4.78 is 5.77. The number of hydrogen-bond acceptors (Lipinski definition) is 3. The van der Waals surface area contributed by atoms with Crippen LogP contribution in [0.25, 0.3) is 0 Å². The zero-order valence-electron chi connectivity index (χ0n) is 15.3. The molecule has 2 saturated heterocycles. The van der Waals surface area contributed by atoms with Crippen LogP contribution in [0.4, 0.5) is 5.69 Å². The molecule has 0 radical (unpaired) electrons. The summed E-state index contributed by atoms with van der Waals surface area (Å²) >= 11 is 0. The van der Waals surface area contributed by atoms with E-state index in [1.54, 1.807) is 5.56 Å². The molecule has 4 unspecified atom stereocenters. The summed E-state index contributed by atoms with van der Waals surface area (Å²) in [4.78, 5) is 5.44. The average molecular weight is 326 g/mol. The summed E-state index contributed by atoms with van der Waals surface area (Å²) in [6.07, 6.45) is 8.23. The first-order chi connectivity index (χ1) is 11.7. The molecule has 1 aromatic rings. The Morgan fingerprint density at radius 2 is 2.08 bits per heavy atom. The van der Waals surface area contributed by atoms with E-state index in [-0.39, 0.29) is 0 Å². The molecule has 4 aliphatic rings. The lowest BCUT2D eigenvalue weighted by Gasteiger charge is -2.58. The highest BCUT2D eigenvalue weighted by atomic mass is 16.5. The summed E-state index contributed by atoms with van der Waals surface area (Å²) in [6, 6.07) is 8.16. The van der Waals surface area contributed by atoms with Crippen LogP contribution in [-0.4, -0.2) is 44.2 Å². The number of piperidine rings is 1. The minimum Gasteiger partial charge on any atom is -0.495 e. The van der Waals surface area contributed by atoms with Gasteiger partial charge in [0, 0.05) is 24.5 Å². The molecule has 4 atom stereocenters. The molecule has 1 aromatic carbocycles. The van der Waals surface area contributed by atoms with Crippen molar-refractivity contribution in [1.82, 2.24) is 4.90 Å². The zero-order chi connectivity index (χ0) is 16.5. The van der Waals surface area contributed by atoms with Crippen molar-refractivity contribution in [3.63, 3.8) is 0 Å². The molecule has 1 saturated carbocycles. The van der Waals surface area contributed by atoms with Crippen LogP contribution >= 0.6 is 0 Å². The standard InChI is InChI=1S/C21H30N2O/c1-4-20-10-6-13-23-14-12-21(19(20)23)15-7-5-8-16(24-3)18(15)22(2)17(21)9-11-20/h5,7-8,17,19H,4,6,9-14H2,1-3H3.